The number of aliphatic hydroxyl groups is 1. The highest BCUT2D eigenvalue weighted by Crippen LogP contribution is 2.17. The fraction of sp³-hybridized carbons (Fsp3) is 0.154. The number of nitrogens with zero attached hydrogens (tertiary/aromatic N) is 1. The van der Waals surface area contributed by atoms with E-state index in [0.717, 1.165) is 11.1 Å². The van der Waals surface area contributed by atoms with Crippen molar-refractivity contribution >= 4 is 11.6 Å². The number of aromatic nitrogens is 1. The third-order valence-electron chi connectivity index (χ3n) is 2.31. The third kappa shape index (κ3) is 3.19. The first-order chi connectivity index (χ1) is 8.29. The van der Waals surface area contributed by atoms with Crippen molar-refractivity contribution in [3.05, 3.63) is 58.7 Å². The molecule has 4 heteroatoms. The van der Waals surface area contributed by atoms with E-state index >= 15 is 0 Å². The van der Waals surface area contributed by atoms with Crippen molar-refractivity contribution in [2.24, 2.45) is 0 Å². The maximum absolute atomic E-state index is 8.87. The van der Waals surface area contributed by atoms with Gasteiger partial charge in [0.1, 0.15) is 6.61 Å². The number of halogens is 1. The Bertz CT molecular complexity index is 485. The number of hydrogen-bond acceptors (Lipinski definition) is 3. The van der Waals surface area contributed by atoms with Crippen LogP contribution in [0.5, 0.6) is 5.88 Å². The van der Waals surface area contributed by atoms with Crippen LogP contribution in [0.2, 0.25) is 5.02 Å². The Hall–Kier alpha value is -1.58. The zero-order valence-electron chi connectivity index (χ0n) is 9.14. The molecule has 0 aliphatic rings. The summed E-state index contributed by atoms with van der Waals surface area (Å²) >= 11 is 6.00. The smallest absolute Gasteiger partial charge is 0.213 e. The van der Waals surface area contributed by atoms with Crippen LogP contribution in [0.3, 0.4) is 0 Å². The molecule has 1 aromatic carbocycles. The zero-order valence-corrected chi connectivity index (χ0v) is 9.89. The minimum atomic E-state index is -0.0161. The van der Waals surface area contributed by atoms with Gasteiger partial charge >= 0.3 is 0 Å². The van der Waals surface area contributed by atoms with Gasteiger partial charge in [0.2, 0.25) is 5.88 Å². The topological polar surface area (TPSA) is 42.4 Å². The van der Waals surface area contributed by atoms with Crippen LogP contribution in [-0.2, 0) is 13.2 Å². The lowest BCUT2D eigenvalue weighted by molar-refractivity contribution is 0.278. The Morgan fingerprint density at radius 2 is 2.00 bits per heavy atom. The second kappa shape index (κ2) is 5.66. The molecule has 0 atom stereocenters. The van der Waals surface area contributed by atoms with Crippen molar-refractivity contribution in [3.63, 3.8) is 0 Å². The van der Waals surface area contributed by atoms with Crippen molar-refractivity contribution in [2.75, 3.05) is 0 Å². The maximum atomic E-state index is 8.87. The maximum Gasteiger partial charge on any atom is 0.213 e. The number of ether oxygens (including phenoxy) is 1. The molecule has 17 heavy (non-hydrogen) atoms. The molecule has 0 bridgehead atoms. The molecule has 0 unspecified atom stereocenters. The van der Waals surface area contributed by atoms with E-state index in [1.54, 1.807) is 18.3 Å². The molecule has 0 aliphatic heterocycles. The first-order valence-corrected chi connectivity index (χ1v) is 5.59. The molecule has 88 valence electrons. The number of benzene rings is 1. The molecule has 0 radical (unpaired) electrons. The van der Waals surface area contributed by atoms with Crippen molar-refractivity contribution in [1.82, 2.24) is 4.98 Å². The Balaban J connectivity index is 2.00. The van der Waals surface area contributed by atoms with Gasteiger partial charge in [0.25, 0.3) is 0 Å². The average molecular weight is 250 g/mol. The summed E-state index contributed by atoms with van der Waals surface area (Å²) in [5, 5.41) is 9.55. The SMILES string of the molecule is OCc1ccc(OCc2ccccc2Cl)nc1. The van der Waals surface area contributed by atoms with Crippen LogP contribution in [0.1, 0.15) is 11.1 Å². The van der Waals surface area contributed by atoms with Gasteiger partial charge in [-0.15, -0.1) is 0 Å². The van der Waals surface area contributed by atoms with Crippen LogP contribution in [0.4, 0.5) is 0 Å². The molecule has 1 heterocycles. The molecule has 0 aliphatic carbocycles. The Morgan fingerprint density at radius 3 is 2.65 bits per heavy atom. The average Bonchev–Trinajstić information content (AvgIpc) is 2.38. The molecule has 0 spiro atoms. The standard InChI is InChI=1S/C13H12ClNO2/c14-12-4-2-1-3-11(12)9-17-13-6-5-10(8-16)7-15-13/h1-7,16H,8-9H2. The van der Waals surface area contributed by atoms with Gasteiger partial charge in [0, 0.05) is 22.8 Å². The normalized spacial score (nSPS) is 10.2. The molecule has 0 fully saturated rings. The summed E-state index contributed by atoms with van der Waals surface area (Å²) in [6.07, 6.45) is 1.59. The highest BCUT2D eigenvalue weighted by atomic mass is 35.5. The lowest BCUT2D eigenvalue weighted by atomic mass is 10.2. The van der Waals surface area contributed by atoms with Crippen molar-refractivity contribution in [1.29, 1.82) is 0 Å². The molecule has 1 N–H and O–H groups in total. The summed E-state index contributed by atoms with van der Waals surface area (Å²) in [6.45, 7) is 0.364. The first kappa shape index (κ1) is 11.9. The van der Waals surface area contributed by atoms with E-state index in [-0.39, 0.29) is 6.61 Å². The zero-order chi connectivity index (χ0) is 12.1. The monoisotopic (exact) mass is 249 g/mol. The van der Waals surface area contributed by atoms with E-state index in [1.807, 2.05) is 24.3 Å². The fourth-order valence-corrected chi connectivity index (χ4v) is 1.55. The van der Waals surface area contributed by atoms with Crippen LogP contribution in [0, 0.1) is 0 Å². The first-order valence-electron chi connectivity index (χ1n) is 5.21. The van der Waals surface area contributed by atoms with E-state index < -0.39 is 0 Å². The Labute approximate surface area is 105 Å². The highest BCUT2D eigenvalue weighted by Gasteiger charge is 2.01. The number of pyridine rings is 1. The molecule has 3 nitrogen and oxygen atoms in total. The van der Waals surface area contributed by atoms with Crippen LogP contribution >= 0.6 is 11.6 Å². The quantitative estimate of drug-likeness (QED) is 0.906. The van der Waals surface area contributed by atoms with Gasteiger partial charge in [-0.2, -0.15) is 0 Å². The predicted octanol–water partition coefficient (Wildman–Crippen LogP) is 2.81. The number of rotatable bonds is 4. The summed E-state index contributed by atoms with van der Waals surface area (Å²) in [5.41, 5.74) is 1.68. The second-order valence-corrected chi connectivity index (χ2v) is 3.95. The van der Waals surface area contributed by atoms with Gasteiger partial charge < -0.3 is 9.84 Å². The molecule has 0 saturated carbocycles. The molecule has 0 amide bonds. The van der Waals surface area contributed by atoms with Crippen LogP contribution < -0.4 is 4.74 Å². The second-order valence-electron chi connectivity index (χ2n) is 3.54. The van der Waals surface area contributed by atoms with Crippen molar-refractivity contribution in [3.8, 4) is 5.88 Å². The Morgan fingerprint density at radius 1 is 1.18 bits per heavy atom. The largest absolute Gasteiger partial charge is 0.473 e. The molecular formula is C13H12ClNO2. The molecule has 2 rings (SSSR count). The molecule has 2 aromatic rings. The summed E-state index contributed by atoms with van der Waals surface area (Å²) in [4.78, 5) is 4.07. The van der Waals surface area contributed by atoms with Gasteiger partial charge in [-0.25, -0.2) is 4.98 Å². The van der Waals surface area contributed by atoms with Crippen molar-refractivity contribution in [2.45, 2.75) is 13.2 Å². The molecule has 1 aromatic heterocycles. The summed E-state index contributed by atoms with van der Waals surface area (Å²) in [5.74, 6) is 0.516. The predicted molar refractivity (Wildman–Crippen MR) is 65.9 cm³/mol. The van der Waals surface area contributed by atoms with E-state index in [4.69, 9.17) is 21.4 Å². The Kier molecular flexibility index (Phi) is 3.96. The minimum Gasteiger partial charge on any atom is -0.473 e. The fourth-order valence-electron chi connectivity index (χ4n) is 1.36. The van der Waals surface area contributed by atoms with E-state index in [1.165, 1.54) is 0 Å². The lowest BCUT2D eigenvalue weighted by Gasteiger charge is -2.06. The van der Waals surface area contributed by atoms with E-state index in [0.29, 0.717) is 17.5 Å². The lowest BCUT2D eigenvalue weighted by Crippen LogP contribution is -1.98. The highest BCUT2D eigenvalue weighted by molar-refractivity contribution is 6.31. The van der Waals surface area contributed by atoms with Crippen LogP contribution in [-0.4, -0.2) is 10.1 Å². The minimum absolute atomic E-state index is 0.0161. The van der Waals surface area contributed by atoms with Crippen LogP contribution in [0.15, 0.2) is 42.6 Å². The van der Waals surface area contributed by atoms with Gasteiger partial charge in [-0.1, -0.05) is 29.8 Å². The van der Waals surface area contributed by atoms with Gasteiger partial charge in [-0.3, -0.25) is 0 Å². The van der Waals surface area contributed by atoms with Gasteiger partial charge in [0.15, 0.2) is 0 Å². The van der Waals surface area contributed by atoms with E-state index in [2.05, 4.69) is 4.98 Å². The van der Waals surface area contributed by atoms with Crippen LogP contribution in [0.25, 0.3) is 0 Å². The van der Waals surface area contributed by atoms with Gasteiger partial charge in [-0.05, 0) is 17.7 Å². The number of hydrogen-bond donors (Lipinski definition) is 1. The molecule has 0 saturated heterocycles. The summed E-state index contributed by atoms with van der Waals surface area (Å²) in [7, 11) is 0. The molecular weight excluding hydrogens is 238 g/mol. The van der Waals surface area contributed by atoms with Crippen molar-refractivity contribution < 1.29 is 9.84 Å². The summed E-state index contributed by atoms with van der Waals surface area (Å²) in [6, 6.07) is 11.0. The third-order valence-corrected chi connectivity index (χ3v) is 2.68. The number of aliphatic hydroxyl groups excluding tert-OH is 1. The van der Waals surface area contributed by atoms with Gasteiger partial charge in [0.05, 0.1) is 6.61 Å². The summed E-state index contributed by atoms with van der Waals surface area (Å²) < 4.78 is 5.50. The van der Waals surface area contributed by atoms with E-state index in [9.17, 15) is 0 Å².